The van der Waals surface area contributed by atoms with Crippen LogP contribution in [0.25, 0.3) is 38.4 Å². The van der Waals surface area contributed by atoms with Crippen LogP contribution >= 0.6 is 11.3 Å². The maximum atomic E-state index is 14.0. The summed E-state index contributed by atoms with van der Waals surface area (Å²) in [7, 11) is 0. The fourth-order valence-electron chi connectivity index (χ4n) is 4.38. The smallest absolute Gasteiger partial charge is 0.433 e. The number of nitrogens with two attached hydrogens (primary N) is 1. The summed E-state index contributed by atoms with van der Waals surface area (Å²) in [5.41, 5.74) is 2.60. The van der Waals surface area contributed by atoms with Gasteiger partial charge in [0, 0.05) is 22.6 Å². The van der Waals surface area contributed by atoms with Crippen LogP contribution in [0.3, 0.4) is 0 Å². The summed E-state index contributed by atoms with van der Waals surface area (Å²) in [5.74, 6) is -2.58. The summed E-state index contributed by atoms with van der Waals surface area (Å²) in [4.78, 5) is 33.4. The average molecular weight is 617 g/mol. The Bertz CT molecular complexity index is 2030. The minimum Gasteiger partial charge on any atom is -0.464 e. The molecule has 0 spiro atoms. The van der Waals surface area contributed by atoms with Crippen LogP contribution in [-0.4, -0.2) is 31.4 Å². The number of primary amides is 1. The number of aromatic nitrogens is 4. The third-order valence-electron chi connectivity index (χ3n) is 6.24. The largest absolute Gasteiger partial charge is 0.464 e. The van der Waals surface area contributed by atoms with Crippen LogP contribution in [0.2, 0.25) is 0 Å². The van der Waals surface area contributed by atoms with Gasteiger partial charge in [-0.3, -0.25) is 9.59 Å². The molecule has 1 aromatic carbocycles. The van der Waals surface area contributed by atoms with Crippen LogP contribution < -0.4 is 11.1 Å². The molecule has 218 valence electrons. The minimum atomic E-state index is -4.93. The Morgan fingerprint density at radius 2 is 1.79 bits per heavy atom. The molecule has 0 unspecified atom stereocenters. The van der Waals surface area contributed by atoms with E-state index in [9.17, 15) is 35.9 Å². The van der Waals surface area contributed by atoms with Gasteiger partial charge in [-0.1, -0.05) is 0 Å². The van der Waals surface area contributed by atoms with Crippen LogP contribution in [0.15, 0.2) is 65.3 Å². The van der Waals surface area contributed by atoms with Crippen LogP contribution in [0.1, 0.15) is 38.0 Å². The zero-order valence-electron chi connectivity index (χ0n) is 21.1. The number of carbonyl (C=O) groups is 2. The zero-order chi connectivity index (χ0) is 30.6. The van der Waals surface area contributed by atoms with Crippen molar-refractivity contribution in [2.75, 3.05) is 5.32 Å². The number of fused-ring (bicyclic) bond motifs is 2. The Kier molecular flexibility index (Phi) is 6.64. The van der Waals surface area contributed by atoms with Crippen molar-refractivity contribution >= 4 is 44.7 Å². The van der Waals surface area contributed by atoms with Gasteiger partial charge in [0.2, 0.25) is 0 Å². The van der Waals surface area contributed by atoms with Gasteiger partial charge in [-0.05, 0) is 48.5 Å². The van der Waals surface area contributed by atoms with Crippen LogP contribution in [-0.2, 0) is 6.18 Å². The van der Waals surface area contributed by atoms with Crippen molar-refractivity contribution in [3.63, 3.8) is 0 Å². The van der Waals surface area contributed by atoms with Crippen molar-refractivity contribution in [1.82, 2.24) is 19.6 Å². The summed E-state index contributed by atoms with van der Waals surface area (Å²) in [6.45, 7) is 0. The summed E-state index contributed by atoms with van der Waals surface area (Å²) < 4.78 is 88.4. The second-order valence-corrected chi connectivity index (χ2v) is 10.0. The number of pyridine rings is 1. The first-order valence-electron chi connectivity index (χ1n) is 12.1. The molecule has 2 amide bonds. The third-order valence-corrected chi connectivity index (χ3v) is 7.34. The summed E-state index contributed by atoms with van der Waals surface area (Å²) in [6.07, 6.45) is -6.63. The van der Waals surface area contributed by atoms with Crippen molar-refractivity contribution in [1.29, 1.82) is 0 Å². The molecular weight excluding hydrogens is 602 g/mol. The molecular formula is C27H14F6N6O3S. The van der Waals surface area contributed by atoms with E-state index in [-0.39, 0.29) is 49.0 Å². The van der Waals surface area contributed by atoms with Crippen molar-refractivity contribution < 1.29 is 40.3 Å². The number of anilines is 1. The van der Waals surface area contributed by atoms with Crippen molar-refractivity contribution in [2.45, 2.75) is 12.6 Å². The fraction of sp³-hybridized carbons (Fsp3) is 0.0741. The Morgan fingerprint density at radius 1 is 1.05 bits per heavy atom. The van der Waals surface area contributed by atoms with Crippen LogP contribution in [0, 0.1) is 5.82 Å². The SMILES string of the molecule is NC(=O)c1sc2nc(C(F)F)cc(-c3ccco3)c2c1NC(=O)c1cc2nc(-c3ccc(F)cc3)cc(C(F)(F)F)n2n1. The number of nitrogens with one attached hydrogen (secondary N) is 1. The maximum absolute atomic E-state index is 14.0. The van der Waals surface area contributed by atoms with E-state index in [1.54, 1.807) is 0 Å². The van der Waals surface area contributed by atoms with E-state index in [0.717, 1.165) is 24.3 Å². The molecule has 43 heavy (non-hydrogen) atoms. The van der Waals surface area contributed by atoms with E-state index >= 15 is 0 Å². The molecule has 6 aromatic rings. The number of thiophene rings is 1. The summed E-state index contributed by atoms with van der Waals surface area (Å²) in [5, 5.41) is 6.26. The van der Waals surface area contributed by atoms with Gasteiger partial charge in [0.25, 0.3) is 18.2 Å². The number of halogens is 6. The number of hydrogen-bond acceptors (Lipinski definition) is 7. The van der Waals surface area contributed by atoms with E-state index in [0.29, 0.717) is 21.9 Å². The number of furan rings is 1. The van der Waals surface area contributed by atoms with Gasteiger partial charge in [-0.25, -0.2) is 27.7 Å². The highest BCUT2D eigenvalue weighted by Gasteiger charge is 2.36. The molecule has 3 N–H and O–H groups in total. The zero-order valence-corrected chi connectivity index (χ0v) is 21.9. The summed E-state index contributed by atoms with van der Waals surface area (Å²) in [6, 6.07) is 10.3. The van der Waals surface area contributed by atoms with Gasteiger partial charge in [0.1, 0.15) is 27.0 Å². The Balaban J connectivity index is 1.48. The second kappa shape index (κ2) is 10.2. The first kappa shape index (κ1) is 27.9. The van der Waals surface area contributed by atoms with E-state index in [2.05, 4.69) is 20.4 Å². The number of benzene rings is 1. The predicted octanol–water partition coefficient (Wildman–Crippen LogP) is 6.71. The molecule has 0 aliphatic carbocycles. The van der Waals surface area contributed by atoms with Crippen molar-refractivity contribution in [3.05, 3.63) is 88.6 Å². The Labute approximate surface area is 239 Å². The summed E-state index contributed by atoms with van der Waals surface area (Å²) >= 11 is 0.635. The number of carbonyl (C=O) groups excluding carboxylic acids is 2. The molecule has 9 nitrogen and oxygen atoms in total. The van der Waals surface area contributed by atoms with Gasteiger partial charge in [-0.2, -0.15) is 18.3 Å². The number of hydrogen-bond donors (Lipinski definition) is 2. The first-order valence-corrected chi connectivity index (χ1v) is 12.9. The Morgan fingerprint density at radius 3 is 2.42 bits per heavy atom. The van der Waals surface area contributed by atoms with Gasteiger partial charge < -0.3 is 15.5 Å². The molecule has 5 aromatic heterocycles. The molecule has 16 heteroatoms. The van der Waals surface area contributed by atoms with Gasteiger partial charge in [0.15, 0.2) is 17.0 Å². The predicted molar refractivity (Wildman–Crippen MR) is 142 cm³/mol. The number of nitrogens with zero attached hydrogens (tertiary/aromatic N) is 4. The molecule has 0 aliphatic rings. The standard InChI is InChI=1S/C27H14F6N6O3S/c28-12-5-3-11(4-6-12)14-9-18(27(31,32)33)39-19(35-14)10-16(38-39)25(41)37-21-20-13(17-2-1-7-42-17)8-15(23(29)30)36-26(20)43-22(21)24(34)40/h1-10,23H,(H2,34,40)(H,37,41). The molecule has 6 rings (SSSR count). The average Bonchev–Trinajstić information content (AvgIpc) is 3.71. The minimum absolute atomic E-state index is 0.0444. The van der Waals surface area contributed by atoms with Gasteiger partial charge >= 0.3 is 6.18 Å². The molecule has 0 bridgehead atoms. The van der Waals surface area contributed by atoms with E-state index in [1.165, 1.54) is 30.5 Å². The number of alkyl halides is 5. The lowest BCUT2D eigenvalue weighted by molar-refractivity contribution is -0.142. The maximum Gasteiger partial charge on any atom is 0.433 e. The van der Waals surface area contributed by atoms with Crippen LogP contribution in [0.5, 0.6) is 0 Å². The van der Waals surface area contributed by atoms with Crippen molar-refractivity contribution in [3.8, 4) is 22.6 Å². The normalized spacial score (nSPS) is 12.0. The fourth-order valence-corrected chi connectivity index (χ4v) is 5.40. The highest BCUT2D eigenvalue weighted by atomic mass is 32.1. The highest BCUT2D eigenvalue weighted by molar-refractivity contribution is 7.21. The topological polar surface area (TPSA) is 128 Å². The third kappa shape index (κ3) is 5.05. The van der Waals surface area contributed by atoms with Crippen molar-refractivity contribution in [2.24, 2.45) is 5.73 Å². The molecule has 0 saturated carbocycles. The molecule has 5 heterocycles. The molecule has 0 aliphatic heterocycles. The lowest BCUT2D eigenvalue weighted by Crippen LogP contribution is -2.18. The monoisotopic (exact) mass is 616 g/mol. The van der Waals surface area contributed by atoms with Gasteiger partial charge in [0.05, 0.1) is 17.6 Å². The molecule has 0 fully saturated rings. The first-order chi connectivity index (χ1) is 20.4. The molecule has 0 saturated heterocycles. The Hall–Kier alpha value is -5.25. The number of amides is 2. The molecule has 0 radical (unpaired) electrons. The lowest BCUT2D eigenvalue weighted by atomic mass is 10.1. The number of rotatable bonds is 6. The van der Waals surface area contributed by atoms with E-state index < -0.39 is 47.3 Å². The van der Waals surface area contributed by atoms with Crippen LogP contribution in [0.4, 0.5) is 32.0 Å². The lowest BCUT2D eigenvalue weighted by Gasteiger charge is -2.11. The van der Waals surface area contributed by atoms with E-state index in [1.807, 2.05) is 0 Å². The van der Waals surface area contributed by atoms with Gasteiger partial charge in [-0.15, -0.1) is 11.3 Å². The highest BCUT2D eigenvalue weighted by Crippen LogP contribution is 2.43. The van der Waals surface area contributed by atoms with E-state index in [4.69, 9.17) is 10.2 Å². The second-order valence-electron chi connectivity index (χ2n) is 9.01. The quantitative estimate of drug-likeness (QED) is 0.200. The molecule has 0 atom stereocenters.